The molecule has 1 aromatic rings. The molecule has 3 aliphatic carbocycles. The fraction of sp³-hybridized carbons (Fsp3) is 0.708. The summed E-state index contributed by atoms with van der Waals surface area (Å²) in [6.45, 7) is 3.91. The third-order valence-electron chi connectivity index (χ3n) is 8.58. The summed E-state index contributed by atoms with van der Waals surface area (Å²) in [4.78, 5) is 13.3. The molecule has 4 fully saturated rings. The molecule has 28 heavy (non-hydrogen) atoms. The summed E-state index contributed by atoms with van der Waals surface area (Å²) in [6.07, 6.45) is 7.51. The van der Waals surface area contributed by atoms with E-state index in [-0.39, 0.29) is 23.3 Å². The van der Waals surface area contributed by atoms with Gasteiger partial charge in [0, 0.05) is 12.5 Å². The topological polar surface area (TPSA) is 61.4 Å². The number of fused-ring (bicyclic) bond motifs is 2. The summed E-state index contributed by atoms with van der Waals surface area (Å²) < 4.78 is 0. The molecule has 3 N–H and O–H groups in total. The third kappa shape index (κ3) is 3.00. The molecule has 1 aliphatic heterocycles. The van der Waals surface area contributed by atoms with Crippen LogP contribution in [0.1, 0.15) is 57.4 Å². The molecule has 0 radical (unpaired) electrons. The number of carbonyl (C=O) groups excluding carboxylic acids is 1. The Kier molecular flexibility index (Phi) is 4.55. The van der Waals surface area contributed by atoms with E-state index >= 15 is 0 Å². The van der Waals surface area contributed by atoms with Gasteiger partial charge in [0.1, 0.15) is 0 Å². The summed E-state index contributed by atoms with van der Waals surface area (Å²) in [5, 5.41) is 16.7. The highest BCUT2D eigenvalue weighted by Gasteiger charge is 2.59. The molecular formula is C24H34N2O2. The highest BCUT2D eigenvalue weighted by molar-refractivity contribution is 5.79. The molecule has 0 spiro atoms. The maximum Gasteiger partial charge on any atom is 0.223 e. The van der Waals surface area contributed by atoms with Crippen LogP contribution in [-0.2, 0) is 10.2 Å². The van der Waals surface area contributed by atoms with Crippen LogP contribution < -0.4 is 10.6 Å². The van der Waals surface area contributed by atoms with Crippen molar-refractivity contribution in [2.75, 3.05) is 13.1 Å². The number of benzene rings is 1. The Morgan fingerprint density at radius 2 is 2.04 bits per heavy atom. The first-order valence-electron chi connectivity index (χ1n) is 11.2. The standard InChI is InChI=1S/C24H34N2O2/c1-23-12-16-11-18(22(28)26-20-8-10-25-14-21(20)27)19(23)7-9-24(13-16,15-23)17-5-3-2-4-6-17/h2-6,16,18-21,25,27H,7-15H2,1H3,(H,26,28)/t16?,18?,19?,20-,21-,23-,24-/m1/s1. The SMILES string of the molecule is C[C@]12CC3CC(C(=O)N[C@@H]4CCNC[C@H]4O)C1CC[C@@](c1ccccc1)(C3)C2. The van der Waals surface area contributed by atoms with E-state index in [1.807, 2.05) is 0 Å². The van der Waals surface area contributed by atoms with Crippen molar-refractivity contribution < 1.29 is 9.90 Å². The van der Waals surface area contributed by atoms with Gasteiger partial charge in [0.2, 0.25) is 5.91 Å². The number of hydrogen-bond donors (Lipinski definition) is 3. The quantitative estimate of drug-likeness (QED) is 0.753. The average Bonchev–Trinajstić information content (AvgIpc) is 2.67. The molecule has 1 heterocycles. The highest BCUT2D eigenvalue weighted by Crippen LogP contribution is 2.66. The predicted molar refractivity (Wildman–Crippen MR) is 110 cm³/mol. The molecule has 3 saturated carbocycles. The number of β-amino-alcohol motifs (C(OH)–C–C–N with tert-alkyl or cyclic N) is 1. The zero-order valence-electron chi connectivity index (χ0n) is 17.0. The van der Waals surface area contributed by atoms with E-state index < -0.39 is 6.10 Å². The molecule has 1 aromatic carbocycles. The van der Waals surface area contributed by atoms with Crippen molar-refractivity contribution in [1.29, 1.82) is 0 Å². The van der Waals surface area contributed by atoms with Crippen LogP contribution in [0.25, 0.3) is 0 Å². The van der Waals surface area contributed by atoms with Gasteiger partial charge in [0.25, 0.3) is 0 Å². The lowest BCUT2D eigenvalue weighted by Crippen LogP contribution is -2.59. The molecule has 7 atom stereocenters. The summed E-state index contributed by atoms with van der Waals surface area (Å²) in [7, 11) is 0. The van der Waals surface area contributed by atoms with Gasteiger partial charge in [-0.2, -0.15) is 0 Å². The molecule has 152 valence electrons. The summed E-state index contributed by atoms with van der Waals surface area (Å²) in [5.41, 5.74) is 2.11. The number of aliphatic hydroxyl groups excluding tert-OH is 1. The molecule has 1 amide bonds. The van der Waals surface area contributed by atoms with Crippen molar-refractivity contribution in [2.24, 2.45) is 23.2 Å². The molecule has 3 unspecified atom stereocenters. The van der Waals surface area contributed by atoms with Crippen LogP contribution in [-0.4, -0.2) is 36.2 Å². The van der Waals surface area contributed by atoms with Gasteiger partial charge < -0.3 is 15.7 Å². The second kappa shape index (κ2) is 6.84. The zero-order chi connectivity index (χ0) is 19.4. The molecule has 4 heteroatoms. The smallest absolute Gasteiger partial charge is 0.223 e. The number of piperidine rings is 1. The average molecular weight is 383 g/mol. The normalized spacial score (nSPS) is 44.9. The van der Waals surface area contributed by atoms with E-state index in [4.69, 9.17) is 0 Å². The Bertz CT molecular complexity index is 737. The van der Waals surface area contributed by atoms with Gasteiger partial charge in [-0.25, -0.2) is 0 Å². The van der Waals surface area contributed by atoms with Crippen LogP contribution in [0.3, 0.4) is 0 Å². The first-order chi connectivity index (χ1) is 13.5. The number of nitrogens with one attached hydrogen (secondary N) is 2. The van der Waals surface area contributed by atoms with Crippen molar-refractivity contribution >= 4 is 5.91 Å². The summed E-state index contributed by atoms with van der Waals surface area (Å²) in [5.74, 6) is 1.46. The number of hydrogen-bond acceptors (Lipinski definition) is 3. The number of amides is 1. The maximum atomic E-state index is 13.3. The van der Waals surface area contributed by atoms with Crippen molar-refractivity contribution in [3.05, 3.63) is 35.9 Å². The minimum atomic E-state index is -0.464. The van der Waals surface area contributed by atoms with E-state index in [2.05, 4.69) is 47.9 Å². The third-order valence-corrected chi connectivity index (χ3v) is 8.58. The first-order valence-corrected chi connectivity index (χ1v) is 11.2. The fourth-order valence-electron chi connectivity index (χ4n) is 7.58. The van der Waals surface area contributed by atoms with Gasteiger partial charge in [-0.1, -0.05) is 37.3 Å². The van der Waals surface area contributed by atoms with Gasteiger partial charge in [0.05, 0.1) is 12.1 Å². The minimum absolute atomic E-state index is 0.0877. The Hall–Kier alpha value is -1.39. The van der Waals surface area contributed by atoms with Crippen LogP contribution in [0.5, 0.6) is 0 Å². The van der Waals surface area contributed by atoms with Gasteiger partial charge in [-0.05, 0) is 79.7 Å². The first kappa shape index (κ1) is 18.6. The van der Waals surface area contributed by atoms with Gasteiger partial charge in [0.15, 0.2) is 0 Å². The Balaban J connectivity index is 1.37. The van der Waals surface area contributed by atoms with Crippen LogP contribution in [0.15, 0.2) is 30.3 Å². The van der Waals surface area contributed by atoms with Crippen LogP contribution in [0.4, 0.5) is 0 Å². The van der Waals surface area contributed by atoms with Crippen molar-refractivity contribution in [1.82, 2.24) is 10.6 Å². The monoisotopic (exact) mass is 382 g/mol. The summed E-state index contributed by atoms with van der Waals surface area (Å²) in [6, 6.07) is 11.1. The van der Waals surface area contributed by atoms with Crippen molar-refractivity contribution in [2.45, 2.75) is 69.4 Å². The van der Waals surface area contributed by atoms with Gasteiger partial charge in [-0.3, -0.25) is 4.79 Å². The number of carbonyl (C=O) groups is 1. The molecule has 0 aromatic heterocycles. The Morgan fingerprint density at radius 3 is 2.82 bits per heavy atom. The second-order valence-electron chi connectivity index (χ2n) is 10.4. The predicted octanol–water partition coefficient (Wildman–Crippen LogP) is 3.00. The second-order valence-corrected chi connectivity index (χ2v) is 10.4. The van der Waals surface area contributed by atoms with Crippen LogP contribution in [0, 0.1) is 23.2 Å². The molecule has 5 rings (SSSR count). The number of aliphatic hydroxyl groups is 1. The van der Waals surface area contributed by atoms with Gasteiger partial charge >= 0.3 is 0 Å². The number of rotatable bonds is 3. The van der Waals surface area contributed by atoms with E-state index in [1.165, 1.54) is 31.2 Å². The minimum Gasteiger partial charge on any atom is -0.390 e. The largest absolute Gasteiger partial charge is 0.390 e. The molecular weight excluding hydrogens is 348 g/mol. The maximum absolute atomic E-state index is 13.3. The lowest BCUT2D eigenvalue weighted by molar-refractivity contribution is -0.145. The van der Waals surface area contributed by atoms with Crippen molar-refractivity contribution in [3.63, 3.8) is 0 Å². The lowest BCUT2D eigenvalue weighted by atomic mass is 9.42. The molecule has 4 aliphatic rings. The lowest BCUT2D eigenvalue weighted by Gasteiger charge is -2.62. The van der Waals surface area contributed by atoms with E-state index in [0.29, 0.717) is 23.8 Å². The fourth-order valence-corrected chi connectivity index (χ4v) is 7.58. The molecule has 1 saturated heterocycles. The Morgan fingerprint density at radius 1 is 1.21 bits per heavy atom. The molecule has 4 nitrogen and oxygen atoms in total. The zero-order valence-corrected chi connectivity index (χ0v) is 17.0. The molecule has 3 bridgehead atoms. The van der Waals surface area contributed by atoms with Crippen LogP contribution in [0.2, 0.25) is 0 Å². The van der Waals surface area contributed by atoms with E-state index in [0.717, 1.165) is 25.8 Å². The highest BCUT2D eigenvalue weighted by atomic mass is 16.3. The van der Waals surface area contributed by atoms with E-state index in [9.17, 15) is 9.90 Å². The van der Waals surface area contributed by atoms with Crippen LogP contribution >= 0.6 is 0 Å². The summed E-state index contributed by atoms with van der Waals surface area (Å²) >= 11 is 0. The Labute approximate surface area is 168 Å². The van der Waals surface area contributed by atoms with Gasteiger partial charge in [-0.15, -0.1) is 0 Å². The van der Waals surface area contributed by atoms with E-state index in [1.54, 1.807) is 0 Å². The van der Waals surface area contributed by atoms with Crippen molar-refractivity contribution in [3.8, 4) is 0 Å².